The van der Waals surface area contributed by atoms with Crippen molar-refractivity contribution in [2.75, 3.05) is 18.1 Å². The average Bonchev–Trinajstić information content (AvgIpc) is 2.75. The molecular formula is C25H27N3OS. The molecule has 30 heavy (non-hydrogen) atoms. The second-order valence-electron chi connectivity index (χ2n) is 7.21. The summed E-state index contributed by atoms with van der Waals surface area (Å²) in [7, 11) is 2.00. The molecule has 3 aromatic carbocycles. The molecule has 1 N–H and O–H groups in total. The van der Waals surface area contributed by atoms with Gasteiger partial charge in [0.2, 0.25) is 5.91 Å². The number of thioether (sulfide) groups is 1. The fourth-order valence-corrected chi connectivity index (χ4v) is 3.70. The number of carbonyl (C=O) groups is 1. The molecule has 0 saturated heterocycles. The molecule has 0 atom stereocenters. The van der Waals surface area contributed by atoms with Crippen LogP contribution in [0.1, 0.15) is 16.7 Å². The van der Waals surface area contributed by atoms with Crippen LogP contribution in [0.25, 0.3) is 0 Å². The van der Waals surface area contributed by atoms with Gasteiger partial charge in [0, 0.05) is 19.3 Å². The smallest absolute Gasteiger partial charge is 0.234 e. The summed E-state index contributed by atoms with van der Waals surface area (Å²) < 4.78 is 0. The van der Waals surface area contributed by atoms with Gasteiger partial charge in [-0.1, -0.05) is 66.4 Å². The minimum atomic E-state index is -0.0443. The Labute approximate surface area is 183 Å². The van der Waals surface area contributed by atoms with Crippen molar-refractivity contribution in [3.63, 3.8) is 0 Å². The number of nitrogens with zero attached hydrogens (tertiary/aromatic N) is 2. The zero-order valence-electron chi connectivity index (χ0n) is 17.6. The Hall–Kier alpha value is -3.05. The van der Waals surface area contributed by atoms with Crippen LogP contribution in [0.3, 0.4) is 0 Å². The van der Waals surface area contributed by atoms with E-state index in [4.69, 9.17) is 4.99 Å². The standard InChI is InChI=1S/C25H27N3OS/c1-19-14-15-23(16-20(19)2)26-24(29)18-30-25(27-22-12-8-5-9-13-22)28(3)17-21-10-6-4-7-11-21/h4-16H,17-18H2,1-3H3,(H,26,29). The van der Waals surface area contributed by atoms with Gasteiger partial charge in [0.05, 0.1) is 11.4 Å². The van der Waals surface area contributed by atoms with Crippen LogP contribution in [0, 0.1) is 13.8 Å². The molecule has 0 spiro atoms. The largest absolute Gasteiger partial charge is 0.350 e. The lowest BCUT2D eigenvalue weighted by atomic mass is 10.1. The predicted octanol–water partition coefficient (Wildman–Crippen LogP) is 5.79. The lowest BCUT2D eigenvalue weighted by Crippen LogP contribution is -2.26. The summed E-state index contributed by atoms with van der Waals surface area (Å²) in [6.45, 7) is 4.83. The number of carbonyl (C=O) groups excluding carboxylic acids is 1. The van der Waals surface area contributed by atoms with Gasteiger partial charge in [-0.15, -0.1) is 0 Å². The molecule has 4 nitrogen and oxygen atoms in total. The number of aryl methyl sites for hydroxylation is 2. The van der Waals surface area contributed by atoms with E-state index in [0.29, 0.717) is 0 Å². The number of benzene rings is 3. The van der Waals surface area contributed by atoms with Gasteiger partial charge in [-0.3, -0.25) is 4.79 Å². The third-order valence-corrected chi connectivity index (χ3v) is 5.76. The van der Waals surface area contributed by atoms with Gasteiger partial charge < -0.3 is 10.2 Å². The van der Waals surface area contributed by atoms with E-state index < -0.39 is 0 Å². The molecule has 0 aliphatic rings. The van der Waals surface area contributed by atoms with E-state index in [2.05, 4.69) is 29.3 Å². The summed E-state index contributed by atoms with van der Waals surface area (Å²) in [5.41, 5.74) is 5.26. The number of aliphatic imine (C=N–C) groups is 1. The summed E-state index contributed by atoms with van der Waals surface area (Å²) in [6.07, 6.45) is 0. The first-order chi connectivity index (χ1) is 14.5. The quantitative estimate of drug-likeness (QED) is 0.407. The highest BCUT2D eigenvalue weighted by Crippen LogP contribution is 2.19. The normalized spacial score (nSPS) is 11.2. The first kappa shape index (κ1) is 21.7. The number of anilines is 1. The zero-order valence-corrected chi connectivity index (χ0v) is 18.4. The maximum Gasteiger partial charge on any atom is 0.234 e. The fourth-order valence-electron chi connectivity index (χ4n) is 2.91. The molecule has 154 valence electrons. The lowest BCUT2D eigenvalue weighted by molar-refractivity contribution is -0.113. The second kappa shape index (κ2) is 10.6. The summed E-state index contributed by atoms with van der Waals surface area (Å²) in [6, 6.07) is 26.0. The van der Waals surface area contributed by atoms with E-state index in [-0.39, 0.29) is 11.7 Å². The molecular weight excluding hydrogens is 390 g/mol. The molecule has 5 heteroatoms. The second-order valence-corrected chi connectivity index (χ2v) is 8.15. The van der Waals surface area contributed by atoms with Crippen molar-refractivity contribution in [1.82, 2.24) is 4.90 Å². The average molecular weight is 418 g/mol. The number of amides is 1. The Morgan fingerprint density at radius 3 is 2.27 bits per heavy atom. The van der Waals surface area contributed by atoms with Crippen molar-refractivity contribution in [3.8, 4) is 0 Å². The van der Waals surface area contributed by atoms with Crippen LogP contribution >= 0.6 is 11.8 Å². The van der Waals surface area contributed by atoms with E-state index in [1.54, 1.807) is 0 Å². The van der Waals surface area contributed by atoms with Gasteiger partial charge >= 0.3 is 0 Å². The molecule has 3 rings (SSSR count). The third kappa shape index (κ3) is 6.49. The van der Waals surface area contributed by atoms with Gasteiger partial charge in [0.15, 0.2) is 5.17 Å². The van der Waals surface area contributed by atoms with E-state index in [1.807, 2.05) is 80.7 Å². The number of rotatable bonds is 6. The lowest BCUT2D eigenvalue weighted by Gasteiger charge is -2.21. The van der Waals surface area contributed by atoms with Crippen LogP contribution in [0.4, 0.5) is 11.4 Å². The summed E-state index contributed by atoms with van der Waals surface area (Å²) in [4.78, 5) is 19.4. The monoisotopic (exact) mass is 417 g/mol. The van der Waals surface area contributed by atoms with Crippen LogP contribution in [0.15, 0.2) is 83.9 Å². The van der Waals surface area contributed by atoms with Crippen molar-refractivity contribution >= 4 is 34.2 Å². The first-order valence-electron chi connectivity index (χ1n) is 9.90. The minimum absolute atomic E-state index is 0.0443. The summed E-state index contributed by atoms with van der Waals surface area (Å²) in [5, 5.41) is 3.79. The summed E-state index contributed by atoms with van der Waals surface area (Å²) in [5.74, 6) is 0.245. The molecule has 3 aromatic rings. The number of para-hydroxylation sites is 1. The van der Waals surface area contributed by atoms with Crippen molar-refractivity contribution in [3.05, 3.63) is 95.6 Å². The van der Waals surface area contributed by atoms with Gasteiger partial charge in [0.25, 0.3) is 0 Å². The fraction of sp³-hybridized carbons (Fsp3) is 0.200. The Kier molecular flexibility index (Phi) is 7.69. The topological polar surface area (TPSA) is 44.7 Å². The SMILES string of the molecule is Cc1ccc(NC(=O)CSC(=Nc2ccccc2)N(C)Cc2ccccc2)cc1C. The van der Waals surface area contributed by atoms with Crippen molar-refractivity contribution in [2.45, 2.75) is 20.4 Å². The van der Waals surface area contributed by atoms with Gasteiger partial charge in [-0.2, -0.15) is 0 Å². The van der Waals surface area contributed by atoms with E-state index in [1.165, 1.54) is 22.9 Å². The molecule has 0 aromatic heterocycles. The molecule has 0 bridgehead atoms. The highest BCUT2D eigenvalue weighted by Gasteiger charge is 2.12. The van der Waals surface area contributed by atoms with Crippen molar-refractivity contribution in [1.29, 1.82) is 0 Å². The van der Waals surface area contributed by atoms with Gasteiger partial charge in [-0.05, 0) is 54.8 Å². The molecule has 0 aliphatic heterocycles. The predicted molar refractivity (Wildman–Crippen MR) is 128 cm³/mol. The number of hydrogen-bond acceptors (Lipinski definition) is 3. The Morgan fingerprint density at radius 2 is 1.60 bits per heavy atom. The number of amidine groups is 1. The van der Waals surface area contributed by atoms with Crippen LogP contribution in [-0.4, -0.2) is 28.8 Å². The molecule has 0 radical (unpaired) electrons. The van der Waals surface area contributed by atoms with Crippen LogP contribution in [0.2, 0.25) is 0 Å². The zero-order chi connectivity index (χ0) is 21.3. The molecule has 0 fully saturated rings. The summed E-state index contributed by atoms with van der Waals surface area (Å²) >= 11 is 1.44. The van der Waals surface area contributed by atoms with E-state index in [9.17, 15) is 4.79 Å². The Bertz CT molecular complexity index is 1000. The third-order valence-electron chi connectivity index (χ3n) is 4.69. The van der Waals surface area contributed by atoms with Crippen LogP contribution in [-0.2, 0) is 11.3 Å². The minimum Gasteiger partial charge on any atom is -0.350 e. The molecule has 1 amide bonds. The highest BCUT2D eigenvalue weighted by atomic mass is 32.2. The van der Waals surface area contributed by atoms with E-state index in [0.717, 1.165) is 28.7 Å². The number of hydrogen-bond donors (Lipinski definition) is 1. The van der Waals surface area contributed by atoms with Gasteiger partial charge in [0.1, 0.15) is 0 Å². The number of nitrogens with one attached hydrogen (secondary N) is 1. The van der Waals surface area contributed by atoms with Crippen LogP contribution < -0.4 is 5.32 Å². The van der Waals surface area contributed by atoms with Crippen LogP contribution in [0.5, 0.6) is 0 Å². The highest BCUT2D eigenvalue weighted by molar-refractivity contribution is 8.14. The van der Waals surface area contributed by atoms with E-state index >= 15 is 0 Å². The maximum atomic E-state index is 12.5. The maximum absolute atomic E-state index is 12.5. The van der Waals surface area contributed by atoms with Crippen molar-refractivity contribution < 1.29 is 4.79 Å². The first-order valence-corrected chi connectivity index (χ1v) is 10.9. The molecule has 0 unspecified atom stereocenters. The Morgan fingerprint density at radius 1 is 0.933 bits per heavy atom. The molecule has 0 saturated carbocycles. The molecule has 0 aliphatic carbocycles. The van der Waals surface area contributed by atoms with Crippen molar-refractivity contribution in [2.24, 2.45) is 4.99 Å². The molecule has 0 heterocycles. The van der Waals surface area contributed by atoms with Gasteiger partial charge in [-0.25, -0.2) is 4.99 Å². The Balaban J connectivity index is 1.69.